The highest BCUT2D eigenvalue weighted by molar-refractivity contribution is 5.81. The number of hydrogen-bond donors (Lipinski definition) is 1. The van der Waals surface area contributed by atoms with Crippen molar-refractivity contribution in [2.45, 2.75) is 38.1 Å². The maximum atomic E-state index is 12.7. The zero-order valence-corrected chi connectivity index (χ0v) is 14.0. The van der Waals surface area contributed by atoms with Gasteiger partial charge in [-0.2, -0.15) is 0 Å². The summed E-state index contributed by atoms with van der Waals surface area (Å²) in [4.78, 5) is 14.9. The molecule has 3 aliphatic rings. The minimum absolute atomic E-state index is 0.126. The van der Waals surface area contributed by atoms with Gasteiger partial charge in [0.05, 0.1) is 12.6 Å². The molecule has 4 nitrogen and oxygen atoms in total. The Labute approximate surface area is 138 Å². The molecule has 0 unspecified atom stereocenters. The molecular weight excluding hydrogens is 288 g/mol. The van der Waals surface area contributed by atoms with Gasteiger partial charge in [-0.15, -0.1) is 0 Å². The van der Waals surface area contributed by atoms with E-state index in [0.717, 1.165) is 31.6 Å². The molecule has 4 heteroatoms. The van der Waals surface area contributed by atoms with Crippen molar-refractivity contribution in [2.24, 2.45) is 23.5 Å². The summed E-state index contributed by atoms with van der Waals surface area (Å²) in [5, 5.41) is 0. The molecule has 2 aliphatic heterocycles. The highest BCUT2D eigenvalue weighted by Gasteiger charge is 2.62. The monoisotopic (exact) mass is 314 g/mol. The van der Waals surface area contributed by atoms with Crippen molar-refractivity contribution in [3.63, 3.8) is 0 Å². The van der Waals surface area contributed by atoms with Crippen LogP contribution in [0, 0.1) is 17.8 Å². The van der Waals surface area contributed by atoms with Gasteiger partial charge in [0.25, 0.3) is 0 Å². The smallest absolute Gasteiger partial charge is 0.223 e. The fourth-order valence-corrected chi connectivity index (χ4v) is 5.63. The number of methoxy groups -OCH3 is 1. The first-order valence-corrected chi connectivity index (χ1v) is 8.79. The summed E-state index contributed by atoms with van der Waals surface area (Å²) >= 11 is 0. The van der Waals surface area contributed by atoms with E-state index in [2.05, 4.69) is 30.0 Å². The van der Waals surface area contributed by atoms with Crippen molar-refractivity contribution in [3.8, 4) is 5.75 Å². The molecule has 0 aromatic heterocycles. The number of benzene rings is 1. The first-order chi connectivity index (χ1) is 11.1. The van der Waals surface area contributed by atoms with Gasteiger partial charge in [-0.3, -0.25) is 4.79 Å². The standard InChI is InChI=1S/C19H26N2O2/c1-12-10-19-16-6-5-14(23-2)8-13(16)4-3-7-21(19)18(22)9-17(19)15(12)11-20/h5-6,8,12,15,17H,3-4,7,9-11,20H2,1-2H3/t12-,15+,17-,19-/m0/s1. The second-order valence-electron chi connectivity index (χ2n) is 7.49. The van der Waals surface area contributed by atoms with E-state index in [0.29, 0.717) is 36.6 Å². The van der Waals surface area contributed by atoms with Gasteiger partial charge in [0.1, 0.15) is 5.75 Å². The van der Waals surface area contributed by atoms with E-state index in [1.807, 2.05) is 0 Å². The lowest BCUT2D eigenvalue weighted by molar-refractivity contribution is -0.131. The van der Waals surface area contributed by atoms with Gasteiger partial charge >= 0.3 is 0 Å². The summed E-state index contributed by atoms with van der Waals surface area (Å²) in [6, 6.07) is 6.44. The Hall–Kier alpha value is -1.55. The molecule has 124 valence electrons. The normalized spacial score (nSPS) is 35.5. The van der Waals surface area contributed by atoms with E-state index in [1.54, 1.807) is 7.11 Å². The third kappa shape index (κ3) is 1.90. The van der Waals surface area contributed by atoms with E-state index in [-0.39, 0.29) is 5.54 Å². The average molecular weight is 314 g/mol. The molecule has 1 saturated heterocycles. The quantitative estimate of drug-likeness (QED) is 0.911. The number of ether oxygens (including phenoxy) is 1. The van der Waals surface area contributed by atoms with E-state index in [9.17, 15) is 4.79 Å². The maximum Gasteiger partial charge on any atom is 0.223 e. The van der Waals surface area contributed by atoms with Gasteiger partial charge in [0, 0.05) is 13.0 Å². The lowest BCUT2D eigenvalue weighted by atomic mass is 9.76. The van der Waals surface area contributed by atoms with Crippen LogP contribution in [0.1, 0.15) is 37.3 Å². The zero-order chi connectivity index (χ0) is 16.2. The summed E-state index contributed by atoms with van der Waals surface area (Å²) < 4.78 is 5.43. The van der Waals surface area contributed by atoms with Gasteiger partial charge in [-0.1, -0.05) is 13.0 Å². The van der Waals surface area contributed by atoms with Gasteiger partial charge in [-0.25, -0.2) is 0 Å². The van der Waals surface area contributed by atoms with E-state index < -0.39 is 0 Å². The Balaban J connectivity index is 1.90. The largest absolute Gasteiger partial charge is 0.497 e. The molecule has 1 amide bonds. The lowest BCUT2D eigenvalue weighted by Crippen LogP contribution is -2.45. The first-order valence-electron chi connectivity index (χ1n) is 8.79. The van der Waals surface area contributed by atoms with Gasteiger partial charge in [-0.05, 0) is 66.8 Å². The second-order valence-corrected chi connectivity index (χ2v) is 7.49. The fraction of sp³-hybridized carbons (Fsp3) is 0.632. The van der Waals surface area contributed by atoms with Crippen LogP contribution in [0.15, 0.2) is 18.2 Å². The Morgan fingerprint density at radius 1 is 1.43 bits per heavy atom. The SMILES string of the molecule is COc1ccc2c(c1)CCCN1C(=O)C[C@H]3[C@H](CN)[C@@H](C)C[C@]231. The fourth-order valence-electron chi connectivity index (χ4n) is 5.63. The first kappa shape index (κ1) is 15.0. The van der Waals surface area contributed by atoms with Crippen LogP contribution in [0.5, 0.6) is 5.75 Å². The number of fused-ring (bicyclic) bond motifs is 1. The predicted octanol–water partition coefficient (Wildman–Crippen LogP) is 2.30. The second kappa shape index (κ2) is 5.23. The van der Waals surface area contributed by atoms with Crippen molar-refractivity contribution in [2.75, 3.05) is 20.2 Å². The molecule has 1 aliphatic carbocycles. The number of carbonyl (C=O) groups excluding carboxylic acids is 1. The highest BCUT2D eigenvalue weighted by Crippen LogP contribution is 2.60. The molecule has 0 bridgehead atoms. The lowest BCUT2D eigenvalue weighted by Gasteiger charge is -2.39. The van der Waals surface area contributed by atoms with Crippen molar-refractivity contribution in [1.82, 2.24) is 4.90 Å². The third-order valence-corrected chi connectivity index (χ3v) is 6.55. The number of nitrogens with zero attached hydrogens (tertiary/aromatic N) is 1. The molecule has 1 aromatic rings. The number of aryl methyl sites for hydroxylation is 1. The van der Waals surface area contributed by atoms with E-state index in [1.165, 1.54) is 11.1 Å². The van der Waals surface area contributed by atoms with Crippen LogP contribution in [0.2, 0.25) is 0 Å². The number of hydrogen-bond acceptors (Lipinski definition) is 3. The van der Waals surface area contributed by atoms with Gasteiger partial charge < -0.3 is 15.4 Å². The van der Waals surface area contributed by atoms with Crippen LogP contribution < -0.4 is 10.5 Å². The highest BCUT2D eigenvalue weighted by atomic mass is 16.5. The van der Waals surface area contributed by atoms with Crippen LogP contribution in [0.4, 0.5) is 0 Å². The zero-order valence-electron chi connectivity index (χ0n) is 14.0. The summed E-state index contributed by atoms with van der Waals surface area (Å²) in [5.74, 6) is 2.60. The van der Waals surface area contributed by atoms with E-state index in [4.69, 9.17) is 10.5 Å². The Bertz CT molecular complexity index is 644. The van der Waals surface area contributed by atoms with Crippen molar-refractivity contribution >= 4 is 5.91 Å². The van der Waals surface area contributed by atoms with Crippen LogP contribution >= 0.6 is 0 Å². The van der Waals surface area contributed by atoms with Crippen molar-refractivity contribution in [3.05, 3.63) is 29.3 Å². The molecule has 4 rings (SSSR count). The van der Waals surface area contributed by atoms with Crippen LogP contribution in [0.25, 0.3) is 0 Å². The molecule has 0 radical (unpaired) electrons. The summed E-state index contributed by atoms with van der Waals surface area (Å²) in [6.07, 6.45) is 3.76. The molecule has 2 heterocycles. The number of nitrogens with two attached hydrogens (primary N) is 1. The van der Waals surface area contributed by atoms with Gasteiger partial charge in [0.15, 0.2) is 0 Å². The average Bonchev–Trinajstić information content (AvgIpc) is 2.89. The minimum atomic E-state index is -0.126. The minimum Gasteiger partial charge on any atom is -0.497 e. The summed E-state index contributed by atoms with van der Waals surface area (Å²) in [7, 11) is 1.72. The van der Waals surface area contributed by atoms with Gasteiger partial charge in [0.2, 0.25) is 5.91 Å². The molecule has 2 fully saturated rings. The molecule has 1 saturated carbocycles. The Morgan fingerprint density at radius 3 is 3.00 bits per heavy atom. The molecule has 2 N–H and O–H groups in total. The Kier molecular flexibility index (Phi) is 3.41. The third-order valence-electron chi connectivity index (χ3n) is 6.55. The molecular formula is C19H26N2O2. The summed E-state index contributed by atoms with van der Waals surface area (Å²) in [6.45, 7) is 3.86. The van der Waals surface area contributed by atoms with Crippen LogP contribution in [0.3, 0.4) is 0 Å². The number of amides is 1. The number of rotatable bonds is 2. The van der Waals surface area contributed by atoms with E-state index >= 15 is 0 Å². The molecule has 23 heavy (non-hydrogen) atoms. The van der Waals surface area contributed by atoms with Crippen molar-refractivity contribution in [1.29, 1.82) is 0 Å². The van der Waals surface area contributed by atoms with Crippen molar-refractivity contribution < 1.29 is 9.53 Å². The number of carbonyl (C=O) groups is 1. The summed E-state index contributed by atoms with van der Waals surface area (Å²) in [5.41, 5.74) is 8.69. The van der Waals surface area contributed by atoms with Crippen LogP contribution in [-0.4, -0.2) is 31.0 Å². The molecule has 4 atom stereocenters. The van der Waals surface area contributed by atoms with Crippen LogP contribution in [-0.2, 0) is 16.8 Å². The Morgan fingerprint density at radius 2 is 2.26 bits per heavy atom. The predicted molar refractivity (Wildman–Crippen MR) is 89.1 cm³/mol. The molecule has 1 aromatic carbocycles. The topological polar surface area (TPSA) is 55.6 Å². The molecule has 1 spiro atoms. The maximum absolute atomic E-state index is 12.7.